The van der Waals surface area contributed by atoms with Crippen molar-refractivity contribution in [3.05, 3.63) is 65.2 Å². The smallest absolute Gasteiger partial charge is 0.331 e. The van der Waals surface area contributed by atoms with Gasteiger partial charge < -0.3 is 33.2 Å². The molecule has 0 amide bonds. The molecule has 1 aliphatic heterocycles. The summed E-state index contributed by atoms with van der Waals surface area (Å²) < 4.78 is 41.2. The van der Waals surface area contributed by atoms with E-state index in [-0.39, 0.29) is 18.6 Å². The lowest BCUT2D eigenvalue weighted by molar-refractivity contribution is -0.146. The molecule has 0 fully saturated rings. The second-order valence-corrected chi connectivity index (χ2v) is 9.93. The molecule has 5 rings (SSSR count). The number of benzene rings is 3. The summed E-state index contributed by atoms with van der Waals surface area (Å²) in [6.45, 7) is 4.29. The van der Waals surface area contributed by atoms with Crippen LogP contribution in [0.5, 0.6) is 34.5 Å². The SMILES string of the molecule is COc1cc2c(c(OC)c1OC)-c1c(cc3c(c1OC)OCO3)[C@H](OC(=O)C=Cc1ccccc1)[C@H](C)[C@H](C)C2. The number of esters is 1. The molecule has 8 nitrogen and oxygen atoms in total. The lowest BCUT2D eigenvalue weighted by Crippen LogP contribution is -2.26. The highest BCUT2D eigenvalue weighted by molar-refractivity contribution is 5.90. The number of hydrogen-bond donors (Lipinski definition) is 0. The van der Waals surface area contributed by atoms with E-state index in [2.05, 4.69) is 13.8 Å². The Bertz CT molecular complexity index is 1430. The third-order valence-corrected chi connectivity index (χ3v) is 7.69. The zero-order chi connectivity index (χ0) is 28.4. The second kappa shape index (κ2) is 11.4. The van der Waals surface area contributed by atoms with Crippen molar-refractivity contribution in [3.63, 3.8) is 0 Å². The first-order valence-corrected chi connectivity index (χ1v) is 13.2. The van der Waals surface area contributed by atoms with Gasteiger partial charge in [-0.25, -0.2) is 4.79 Å². The number of methoxy groups -OCH3 is 4. The first-order chi connectivity index (χ1) is 19.4. The average molecular weight is 547 g/mol. The van der Waals surface area contributed by atoms with E-state index in [9.17, 15) is 4.79 Å². The van der Waals surface area contributed by atoms with Crippen molar-refractivity contribution in [2.24, 2.45) is 11.8 Å². The van der Waals surface area contributed by atoms with Crippen LogP contribution >= 0.6 is 0 Å². The fraction of sp³-hybridized carbons (Fsp3) is 0.344. The van der Waals surface area contributed by atoms with Gasteiger partial charge in [-0.15, -0.1) is 0 Å². The lowest BCUT2D eigenvalue weighted by atomic mass is 9.76. The van der Waals surface area contributed by atoms with Crippen LogP contribution in [-0.4, -0.2) is 41.2 Å². The largest absolute Gasteiger partial charge is 0.493 e. The molecular formula is C32H34O8. The predicted octanol–water partition coefficient (Wildman–Crippen LogP) is 6.24. The fourth-order valence-corrected chi connectivity index (χ4v) is 5.53. The minimum Gasteiger partial charge on any atom is -0.493 e. The average Bonchev–Trinajstić information content (AvgIpc) is 3.45. The first-order valence-electron chi connectivity index (χ1n) is 13.2. The molecule has 8 heteroatoms. The summed E-state index contributed by atoms with van der Waals surface area (Å²) in [6, 6.07) is 13.5. The number of carbonyl (C=O) groups excluding carboxylic acids is 1. The molecule has 0 spiro atoms. The Morgan fingerprint density at radius 3 is 2.27 bits per heavy atom. The van der Waals surface area contributed by atoms with E-state index in [1.165, 1.54) is 6.08 Å². The third kappa shape index (κ3) is 4.78. The van der Waals surface area contributed by atoms with E-state index < -0.39 is 12.1 Å². The highest BCUT2D eigenvalue weighted by atomic mass is 16.7. The van der Waals surface area contributed by atoms with Crippen LogP contribution in [0.1, 0.15) is 36.6 Å². The Balaban J connectivity index is 1.74. The van der Waals surface area contributed by atoms with Gasteiger partial charge >= 0.3 is 5.97 Å². The highest BCUT2D eigenvalue weighted by Gasteiger charge is 2.39. The Morgan fingerprint density at radius 1 is 0.875 bits per heavy atom. The third-order valence-electron chi connectivity index (χ3n) is 7.69. The quantitative estimate of drug-likeness (QED) is 0.254. The van der Waals surface area contributed by atoms with Gasteiger partial charge in [0.25, 0.3) is 0 Å². The number of fused-ring (bicyclic) bond motifs is 4. The molecule has 0 saturated heterocycles. The molecular weight excluding hydrogens is 512 g/mol. The summed E-state index contributed by atoms with van der Waals surface area (Å²) in [5.74, 6) is 2.59. The number of rotatable bonds is 7. The maximum atomic E-state index is 13.2. The summed E-state index contributed by atoms with van der Waals surface area (Å²) in [7, 11) is 6.35. The van der Waals surface area contributed by atoms with E-state index in [1.54, 1.807) is 34.5 Å². The van der Waals surface area contributed by atoms with Gasteiger partial charge in [-0.05, 0) is 41.7 Å². The van der Waals surface area contributed by atoms with Crippen molar-refractivity contribution in [2.45, 2.75) is 26.4 Å². The van der Waals surface area contributed by atoms with Crippen LogP contribution in [0.2, 0.25) is 0 Å². The van der Waals surface area contributed by atoms with Gasteiger partial charge in [0.1, 0.15) is 6.10 Å². The molecule has 0 radical (unpaired) electrons. The zero-order valence-electron chi connectivity index (χ0n) is 23.6. The summed E-state index contributed by atoms with van der Waals surface area (Å²) in [4.78, 5) is 13.2. The molecule has 0 unspecified atom stereocenters. The summed E-state index contributed by atoms with van der Waals surface area (Å²) in [5, 5.41) is 0. The molecule has 0 N–H and O–H groups in total. The van der Waals surface area contributed by atoms with Crippen molar-refractivity contribution in [1.29, 1.82) is 0 Å². The van der Waals surface area contributed by atoms with Crippen LogP contribution in [0.3, 0.4) is 0 Å². The summed E-state index contributed by atoms with van der Waals surface area (Å²) >= 11 is 0. The van der Waals surface area contributed by atoms with Crippen LogP contribution in [0.15, 0.2) is 48.5 Å². The van der Waals surface area contributed by atoms with E-state index in [0.29, 0.717) is 46.5 Å². The zero-order valence-corrected chi connectivity index (χ0v) is 23.6. The van der Waals surface area contributed by atoms with Crippen molar-refractivity contribution >= 4 is 12.0 Å². The number of hydrogen-bond acceptors (Lipinski definition) is 8. The molecule has 2 aliphatic rings. The molecule has 0 bridgehead atoms. The second-order valence-electron chi connectivity index (χ2n) is 9.93. The van der Waals surface area contributed by atoms with Gasteiger partial charge in [-0.3, -0.25) is 0 Å². The summed E-state index contributed by atoms with van der Waals surface area (Å²) in [6.07, 6.45) is 3.25. The molecule has 0 saturated carbocycles. The minimum absolute atomic E-state index is 0.0563. The fourth-order valence-electron chi connectivity index (χ4n) is 5.53. The van der Waals surface area contributed by atoms with Gasteiger partial charge in [-0.2, -0.15) is 0 Å². The minimum atomic E-state index is -0.618. The number of carbonyl (C=O) groups is 1. The Morgan fingerprint density at radius 2 is 1.60 bits per heavy atom. The number of ether oxygens (including phenoxy) is 7. The monoisotopic (exact) mass is 546 g/mol. The molecule has 210 valence electrons. The van der Waals surface area contributed by atoms with Gasteiger partial charge in [0.15, 0.2) is 23.0 Å². The van der Waals surface area contributed by atoms with Crippen molar-refractivity contribution in [1.82, 2.24) is 0 Å². The lowest BCUT2D eigenvalue weighted by Gasteiger charge is -2.35. The van der Waals surface area contributed by atoms with E-state index in [0.717, 1.165) is 22.3 Å². The van der Waals surface area contributed by atoms with E-state index in [1.807, 2.05) is 42.5 Å². The van der Waals surface area contributed by atoms with Crippen LogP contribution in [0.4, 0.5) is 0 Å². The predicted molar refractivity (Wildman–Crippen MR) is 151 cm³/mol. The maximum absolute atomic E-state index is 13.2. The summed E-state index contributed by atoms with van der Waals surface area (Å²) in [5.41, 5.74) is 4.09. The molecule has 40 heavy (non-hydrogen) atoms. The normalized spacial score (nSPS) is 19.2. The highest BCUT2D eigenvalue weighted by Crippen LogP contribution is 2.58. The van der Waals surface area contributed by atoms with Crippen molar-refractivity contribution in [2.75, 3.05) is 35.2 Å². The molecule has 0 aromatic heterocycles. The van der Waals surface area contributed by atoms with Crippen LogP contribution in [0, 0.1) is 11.8 Å². The van der Waals surface area contributed by atoms with E-state index in [4.69, 9.17) is 33.2 Å². The van der Waals surface area contributed by atoms with Gasteiger partial charge in [0, 0.05) is 28.7 Å². The molecule has 3 aromatic rings. The van der Waals surface area contributed by atoms with Crippen molar-refractivity contribution < 1.29 is 38.0 Å². The molecule has 3 atom stereocenters. The van der Waals surface area contributed by atoms with Crippen LogP contribution < -0.4 is 28.4 Å². The molecule has 1 heterocycles. The Labute approximate surface area is 234 Å². The molecule has 1 aliphatic carbocycles. The maximum Gasteiger partial charge on any atom is 0.331 e. The first kappa shape index (κ1) is 27.2. The van der Waals surface area contributed by atoms with Gasteiger partial charge in [0.05, 0.1) is 28.4 Å². The topological polar surface area (TPSA) is 81.7 Å². The van der Waals surface area contributed by atoms with Gasteiger partial charge in [0.2, 0.25) is 18.3 Å². The molecule has 3 aromatic carbocycles. The van der Waals surface area contributed by atoms with Crippen LogP contribution in [0.25, 0.3) is 17.2 Å². The standard InChI is InChI=1S/C32H34O8/c1-18-14-21-15-23(34-3)29(35-4)31(36-5)26(21)27-22(16-24-30(32(27)37-6)39-17-38-24)28(19(18)2)40-25(33)13-12-20-10-8-7-9-11-20/h7-13,15-16,18-19,28H,14,17H2,1-6H3/t18-,19-,28-/m1/s1. The van der Waals surface area contributed by atoms with Crippen LogP contribution in [-0.2, 0) is 16.0 Å². The Hall–Kier alpha value is -4.33. The Kier molecular flexibility index (Phi) is 7.78. The van der Waals surface area contributed by atoms with Crippen molar-refractivity contribution in [3.8, 4) is 45.6 Å². The van der Waals surface area contributed by atoms with Gasteiger partial charge in [-0.1, -0.05) is 44.2 Å². The van der Waals surface area contributed by atoms with E-state index >= 15 is 0 Å².